The number of thioether (sulfide) groups is 1. The van der Waals surface area contributed by atoms with Gasteiger partial charge in [0.15, 0.2) is 0 Å². The number of nitrogens with one attached hydrogen (secondary N) is 1. The Morgan fingerprint density at radius 3 is 2.18 bits per heavy atom. The van der Waals surface area contributed by atoms with Crippen molar-refractivity contribution >= 4 is 35.2 Å². The number of nitrogens with zero attached hydrogens (tertiary/aromatic N) is 1. The van der Waals surface area contributed by atoms with Crippen LogP contribution < -0.4 is 5.32 Å². The van der Waals surface area contributed by atoms with Gasteiger partial charge >= 0.3 is 0 Å². The number of halogens is 1. The van der Waals surface area contributed by atoms with Gasteiger partial charge in [0.1, 0.15) is 6.04 Å². The molecule has 1 N–H and O–H groups in total. The van der Waals surface area contributed by atoms with Crippen LogP contribution in [0.25, 0.3) is 0 Å². The smallest absolute Gasteiger partial charge is 0.243 e. The monoisotopic (exact) mass is 548 g/mol. The first-order valence-corrected chi connectivity index (χ1v) is 15.1. The highest BCUT2D eigenvalue weighted by molar-refractivity contribution is 7.98. The molecule has 0 spiro atoms. The Kier molecular flexibility index (Phi) is 11.1. The summed E-state index contributed by atoms with van der Waals surface area (Å²) in [4.78, 5) is 29.4. The molecule has 0 saturated heterocycles. The lowest BCUT2D eigenvalue weighted by Gasteiger charge is -2.33. The zero-order valence-corrected chi connectivity index (χ0v) is 23.4. The number of hydrogen-bond donors (Lipinski definition) is 1. The molecule has 200 valence electrons. The van der Waals surface area contributed by atoms with Crippen molar-refractivity contribution < 1.29 is 9.59 Å². The molecule has 1 saturated carbocycles. The third-order valence-electron chi connectivity index (χ3n) is 7.09. The lowest BCUT2D eigenvalue weighted by Crippen LogP contribution is -2.53. The summed E-state index contributed by atoms with van der Waals surface area (Å²) in [6, 6.07) is 27.4. The molecule has 0 unspecified atom stereocenters. The molecule has 6 heteroatoms. The number of benzene rings is 3. The van der Waals surface area contributed by atoms with Gasteiger partial charge in [0, 0.05) is 42.0 Å². The largest absolute Gasteiger partial charge is 0.352 e. The van der Waals surface area contributed by atoms with Crippen LogP contribution in [0.5, 0.6) is 0 Å². The number of hydrogen-bond acceptors (Lipinski definition) is 3. The molecule has 0 heterocycles. The first-order chi connectivity index (χ1) is 18.6. The van der Waals surface area contributed by atoms with Gasteiger partial charge in [0.2, 0.25) is 11.8 Å². The molecule has 1 aliphatic rings. The maximum atomic E-state index is 13.8. The third-order valence-corrected chi connectivity index (χ3v) is 8.49. The van der Waals surface area contributed by atoms with Crippen molar-refractivity contribution in [1.82, 2.24) is 10.2 Å². The van der Waals surface area contributed by atoms with Crippen LogP contribution in [0.3, 0.4) is 0 Å². The fourth-order valence-corrected chi connectivity index (χ4v) is 6.06. The standard InChI is InChI=1S/C32H37ClN2O2S/c33-29-19-11-10-16-27(29)23-35(31(36)20-21-38-24-26-14-6-2-7-15-26)30(22-25-12-4-1-5-13-25)32(37)34-28-17-8-3-9-18-28/h1-2,4-7,10-16,19,28,30H,3,8-9,17-18,20-24H2,(H,34,37)/t30-/m0/s1. The summed E-state index contributed by atoms with van der Waals surface area (Å²) in [7, 11) is 0. The number of carbonyl (C=O) groups excluding carboxylic acids is 2. The topological polar surface area (TPSA) is 49.4 Å². The fourth-order valence-electron chi connectivity index (χ4n) is 4.98. The summed E-state index contributed by atoms with van der Waals surface area (Å²) in [5, 5.41) is 3.90. The summed E-state index contributed by atoms with van der Waals surface area (Å²) in [6.45, 7) is 0.303. The van der Waals surface area contributed by atoms with E-state index in [0.29, 0.717) is 30.2 Å². The van der Waals surface area contributed by atoms with Crippen molar-refractivity contribution in [2.24, 2.45) is 0 Å². The molecule has 1 fully saturated rings. The summed E-state index contributed by atoms with van der Waals surface area (Å²) in [6.07, 6.45) is 6.31. The van der Waals surface area contributed by atoms with Gasteiger partial charge in [-0.15, -0.1) is 0 Å². The first-order valence-electron chi connectivity index (χ1n) is 13.6. The maximum Gasteiger partial charge on any atom is 0.243 e. The highest BCUT2D eigenvalue weighted by Gasteiger charge is 2.32. The molecular weight excluding hydrogens is 512 g/mol. The Morgan fingerprint density at radius 1 is 0.868 bits per heavy atom. The maximum absolute atomic E-state index is 13.8. The van der Waals surface area contributed by atoms with Crippen LogP contribution in [-0.4, -0.2) is 34.6 Å². The van der Waals surface area contributed by atoms with Gasteiger partial charge < -0.3 is 10.2 Å². The summed E-state index contributed by atoms with van der Waals surface area (Å²) < 4.78 is 0. The molecule has 1 atom stereocenters. The molecule has 4 nitrogen and oxygen atoms in total. The second kappa shape index (κ2) is 15.0. The average molecular weight is 549 g/mol. The van der Waals surface area contributed by atoms with Crippen molar-refractivity contribution in [2.75, 3.05) is 5.75 Å². The predicted molar refractivity (Wildman–Crippen MR) is 158 cm³/mol. The van der Waals surface area contributed by atoms with Crippen LogP contribution in [0.2, 0.25) is 5.02 Å². The van der Waals surface area contributed by atoms with Crippen LogP contribution in [0.1, 0.15) is 55.2 Å². The van der Waals surface area contributed by atoms with E-state index in [-0.39, 0.29) is 17.9 Å². The number of carbonyl (C=O) groups is 2. The highest BCUT2D eigenvalue weighted by atomic mass is 35.5. The summed E-state index contributed by atoms with van der Waals surface area (Å²) in [5.41, 5.74) is 3.13. The first kappa shape index (κ1) is 28.3. The molecule has 4 rings (SSSR count). The minimum atomic E-state index is -0.609. The van der Waals surface area contributed by atoms with E-state index in [9.17, 15) is 9.59 Å². The number of amides is 2. The lowest BCUT2D eigenvalue weighted by atomic mass is 9.94. The molecule has 0 bridgehead atoms. The molecule has 1 aliphatic carbocycles. The second-order valence-electron chi connectivity index (χ2n) is 9.95. The van der Waals surface area contributed by atoms with E-state index >= 15 is 0 Å². The van der Waals surface area contributed by atoms with Gasteiger partial charge in [-0.05, 0) is 35.6 Å². The van der Waals surface area contributed by atoms with Gasteiger partial charge in [-0.25, -0.2) is 0 Å². The molecule has 0 radical (unpaired) electrons. The Balaban J connectivity index is 1.53. The van der Waals surface area contributed by atoms with Crippen molar-refractivity contribution in [2.45, 2.75) is 69.3 Å². The van der Waals surface area contributed by atoms with E-state index < -0.39 is 6.04 Å². The minimum absolute atomic E-state index is 0.0230. The van der Waals surface area contributed by atoms with Crippen molar-refractivity contribution in [3.8, 4) is 0 Å². The van der Waals surface area contributed by atoms with Crippen molar-refractivity contribution in [3.63, 3.8) is 0 Å². The van der Waals surface area contributed by atoms with E-state index in [1.54, 1.807) is 16.7 Å². The average Bonchev–Trinajstić information content (AvgIpc) is 2.95. The summed E-state index contributed by atoms with van der Waals surface area (Å²) in [5.74, 6) is 1.45. The predicted octanol–water partition coefficient (Wildman–Crippen LogP) is 7.05. The third kappa shape index (κ3) is 8.64. The highest BCUT2D eigenvalue weighted by Crippen LogP contribution is 2.23. The van der Waals surface area contributed by atoms with Gasteiger partial charge in [-0.2, -0.15) is 11.8 Å². The molecule has 38 heavy (non-hydrogen) atoms. The molecule has 0 aliphatic heterocycles. The van der Waals surface area contributed by atoms with Crippen LogP contribution in [0, 0.1) is 0 Å². The lowest BCUT2D eigenvalue weighted by molar-refractivity contribution is -0.141. The van der Waals surface area contributed by atoms with E-state index in [4.69, 9.17) is 11.6 Å². The second-order valence-corrected chi connectivity index (χ2v) is 11.5. The van der Waals surface area contributed by atoms with Crippen molar-refractivity contribution in [3.05, 3.63) is 107 Å². The number of rotatable bonds is 12. The van der Waals surface area contributed by atoms with Crippen LogP contribution in [0.15, 0.2) is 84.9 Å². The van der Waals surface area contributed by atoms with Gasteiger partial charge in [-0.3, -0.25) is 9.59 Å². The quantitative estimate of drug-likeness (QED) is 0.247. The Labute approximate surface area is 236 Å². The van der Waals surface area contributed by atoms with E-state index in [1.807, 2.05) is 72.8 Å². The summed E-state index contributed by atoms with van der Waals surface area (Å²) >= 11 is 8.27. The molecular formula is C32H37ClN2O2S. The van der Waals surface area contributed by atoms with Gasteiger partial charge in [-0.1, -0.05) is 110 Å². The zero-order valence-electron chi connectivity index (χ0n) is 21.9. The van der Waals surface area contributed by atoms with Gasteiger partial charge in [0.25, 0.3) is 0 Å². The molecule has 0 aromatic heterocycles. The van der Waals surface area contributed by atoms with E-state index in [2.05, 4.69) is 17.4 Å². The van der Waals surface area contributed by atoms with Crippen LogP contribution >= 0.6 is 23.4 Å². The van der Waals surface area contributed by atoms with Crippen LogP contribution in [-0.2, 0) is 28.3 Å². The van der Waals surface area contributed by atoms with E-state index in [0.717, 1.165) is 42.6 Å². The van der Waals surface area contributed by atoms with Gasteiger partial charge in [0.05, 0.1) is 0 Å². The van der Waals surface area contributed by atoms with Crippen molar-refractivity contribution in [1.29, 1.82) is 0 Å². The minimum Gasteiger partial charge on any atom is -0.352 e. The molecule has 2 amide bonds. The zero-order chi connectivity index (χ0) is 26.6. The Morgan fingerprint density at radius 2 is 1.50 bits per heavy atom. The van der Waals surface area contributed by atoms with E-state index in [1.165, 1.54) is 12.0 Å². The molecule has 3 aromatic rings. The Bertz CT molecular complexity index is 1150. The SMILES string of the molecule is O=C(NC1CCCCC1)[C@H](Cc1ccccc1)N(Cc1ccccc1Cl)C(=O)CCSCc1ccccc1. The molecule has 3 aromatic carbocycles. The fraction of sp³-hybridized carbons (Fsp3) is 0.375. The van der Waals surface area contributed by atoms with Crippen LogP contribution in [0.4, 0.5) is 0 Å². The Hall–Kier alpha value is -2.76. The normalized spacial score (nSPS) is 14.6.